The molecule has 0 spiro atoms. The van der Waals surface area contributed by atoms with E-state index in [0.717, 1.165) is 31.2 Å². The standard InChI is InChI=1S/C21H30N2O2/c1-22-11-7-19(8-12-22)15-23(16-20-10-14-25-17-20)13-9-18-3-5-21(24-2)6-4-18/h3-6,10,14,17,19H,7-9,11-13,15-16H2,1-2H3. The maximum Gasteiger partial charge on any atom is 0.118 e. The molecule has 0 saturated carbocycles. The van der Waals surface area contributed by atoms with Crippen molar-refractivity contribution in [2.45, 2.75) is 25.8 Å². The highest BCUT2D eigenvalue weighted by Crippen LogP contribution is 2.19. The molecule has 1 aliphatic heterocycles. The van der Waals surface area contributed by atoms with E-state index < -0.39 is 0 Å². The van der Waals surface area contributed by atoms with E-state index in [1.165, 1.54) is 43.6 Å². The molecule has 4 nitrogen and oxygen atoms in total. The summed E-state index contributed by atoms with van der Waals surface area (Å²) in [5.41, 5.74) is 2.63. The highest BCUT2D eigenvalue weighted by Gasteiger charge is 2.20. The molecule has 3 rings (SSSR count). The van der Waals surface area contributed by atoms with Gasteiger partial charge in [0.1, 0.15) is 5.75 Å². The zero-order chi connectivity index (χ0) is 17.5. The third kappa shape index (κ3) is 5.62. The Balaban J connectivity index is 1.57. The number of methoxy groups -OCH3 is 1. The van der Waals surface area contributed by atoms with Gasteiger partial charge in [-0.2, -0.15) is 0 Å². The highest BCUT2D eigenvalue weighted by molar-refractivity contribution is 5.27. The fourth-order valence-electron chi connectivity index (χ4n) is 3.56. The number of rotatable bonds is 8. The van der Waals surface area contributed by atoms with Crippen LogP contribution in [0.4, 0.5) is 0 Å². The molecule has 2 aromatic rings. The molecule has 0 aliphatic carbocycles. The Morgan fingerprint density at radius 1 is 1.12 bits per heavy atom. The molecule has 0 N–H and O–H groups in total. The maximum atomic E-state index is 5.26. The second kappa shape index (κ2) is 9.07. The topological polar surface area (TPSA) is 28.9 Å². The minimum Gasteiger partial charge on any atom is -0.497 e. The number of furan rings is 1. The Morgan fingerprint density at radius 3 is 2.52 bits per heavy atom. The van der Waals surface area contributed by atoms with Gasteiger partial charge in [0.2, 0.25) is 0 Å². The molecule has 0 unspecified atom stereocenters. The number of ether oxygens (including phenoxy) is 1. The first-order valence-corrected chi connectivity index (χ1v) is 9.28. The van der Waals surface area contributed by atoms with Crippen molar-refractivity contribution >= 4 is 0 Å². The van der Waals surface area contributed by atoms with E-state index >= 15 is 0 Å². The van der Waals surface area contributed by atoms with E-state index in [4.69, 9.17) is 9.15 Å². The lowest BCUT2D eigenvalue weighted by Crippen LogP contribution is -2.37. The highest BCUT2D eigenvalue weighted by atomic mass is 16.5. The first kappa shape index (κ1) is 18.0. The zero-order valence-electron chi connectivity index (χ0n) is 15.5. The molecule has 1 aromatic heterocycles. The van der Waals surface area contributed by atoms with Crippen molar-refractivity contribution in [3.8, 4) is 5.75 Å². The van der Waals surface area contributed by atoms with Crippen molar-refractivity contribution in [2.24, 2.45) is 5.92 Å². The molecule has 4 heteroatoms. The van der Waals surface area contributed by atoms with Gasteiger partial charge in [-0.15, -0.1) is 0 Å². The molecule has 0 radical (unpaired) electrons. The van der Waals surface area contributed by atoms with E-state index in [1.807, 2.05) is 18.4 Å². The van der Waals surface area contributed by atoms with Gasteiger partial charge in [-0.1, -0.05) is 12.1 Å². The molecule has 0 atom stereocenters. The van der Waals surface area contributed by atoms with Gasteiger partial charge in [-0.3, -0.25) is 4.90 Å². The number of hydrogen-bond donors (Lipinski definition) is 0. The average molecular weight is 342 g/mol. The monoisotopic (exact) mass is 342 g/mol. The van der Waals surface area contributed by atoms with Gasteiger partial charge in [0, 0.05) is 25.2 Å². The Labute approximate surface area is 151 Å². The summed E-state index contributed by atoms with van der Waals surface area (Å²) in [4.78, 5) is 5.03. The molecule has 0 amide bonds. The second-order valence-electron chi connectivity index (χ2n) is 7.21. The van der Waals surface area contributed by atoms with E-state index in [2.05, 4.69) is 35.0 Å². The van der Waals surface area contributed by atoms with Gasteiger partial charge in [-0.05, 0) is 69.1 Å². The molecule has 1 saturated heterocycles. The van der Waals surface area contributed by atoms with Crippen molar-refractivity contribution in [1.29, 1.82) is 0 Å². The van der Waals surface area contributed by atoms with Crippen LogP contribution in [0, 0.1) is 5.92 Å². The van der Waals surface area contributed by atoms with Crippen molar-refractivity contribution in [2.75, 3.05) is 40.3 Å². The average Bonchev–Trinajstić information content (AvgIpc) is 3.15. The van der Waals surface area contributed by atoms with Crippen LogP contribution in [0.2, 0.25) is 0 Å². The Kier molecular flexibility index (Phi) is 6.54. The minimum absolute atomic E-state index is 0.805. The molecule has 136 valence electrons. The first-order valence-electron chi connectivity index (χ1n) is 9.28. The predicted molar refractivity (Wildman–Crippen MR) is 101 cm³/mol. The van der Waals surface area contributed by atoms with Crippen LogP contribution in [0.1, 0.15) is 24.0 Å². The van der Waals surface area contributed by atoms with Crippen molar-refractivity contribution in [3.63, 3.8) is 0 Å². The van der Waals surface area contributed by atoms with Gasteiger partial charge in [-0.25, -0.2) is 0 Å². The lowest BCUT2D eigenvalue weighted by Gasteiger charge is -2.33. The Bertz CT molecular complexity index is 601. The third-order valence-corrected chi connectivity index (χ3v) is 5.22. The fourth-order valence-corrected chi connectivity index (χ4v) is 3.56. The summed E-state index contributed by atoms with van der Waals surface area (Å²) >= 11 is 0. The molecule has 0 bridgehead atoms. The second-order valence-corrected chi connectivity index (χ2v) is 7.21. The SMILES string of the molecule is COc1ccc(CCN(Cc2ccoc2)CC2CCN(C)CC2)cc1. The smallest absolute Gasteiger partial charge is 0.118 e. The summed E-state index contributed by atoms with van der Waals surface area (Å²) in [5.74, 6) is 1.73. The van der Waals surface area contributed by atoms with Crippen molar-refractivity contribution in [1.82, 2.24) is 9.80 Å². The van der Waals surface area contributed by atoms with Crippen LogP contribution in [0.25, 0.3) is 0 Å². The summed E-state index contributed by atoms with van der Waals surface area (Å²) in [6.45, 7) is 5.67. The number of benzene rings is 1. The largest absolute Gasteiger partial charge is 0.497 e. The molecular formula is C21H30N2O2. The van der Waals surface area contributed by atoms with Crippen molar-refractivity contribution in [3.05, 3.63) is 54.0 Å². The van der Waals surface area contributed by atoms with Gasteiger partial charge < -0.3 is 14.1 Å². The summed E-state index contributed by atoms with van der Waals surface area (Å²) in [7, 11) is 3.94. The lowest BCUT2D eigenvalue weighted by atomic mass is 9.96. The number of hydrogen-bond acceptors (Lipinski definition) is 4. The van der Waals surface area contributed by atoms with Crippen LogP contribution >= 0.6 is 0 Å². The minimum atomic E-state index is 0.805. The molecule has 1 fully saturated rings. The first-order chi connectivity index (χ1) is 12.2. The molecular weight excluding hydrogens is 312 g/mol. The number of nitrogens with zero attached hydrogens (tertiary/aromatic N) is 2. The van der Waals surface area contributed by atoms with Crippen LogP contribution in [0.3, 0.4) is 0 Å². The molecule has 1 aliphatic rings. The Morgan fingerprint density at radius 2 is 1.88 bits per heavy atom. The molecule has 2 heterocycles. The van der Waals surface area contributed by atoms with E-state index in [9.17, 15) is 0 Å². The van der Waals surface area contributed by atoms with Crippen LogP contribution < -0.4 is 4.74 Å². The number of likely N-dealkylation sites (tertiary alicyclic amines) is 1. The van der Waals surface area contributed by atoms with Gasteiger partial charge >= 0.3 is 0 Å². The summed E-state index contributed by atoms with van der Waals surface area (Å²) in [5, 5.41) is 0. The van der Waals surface area contributed by atoms with Gasteiger partial charge in [0.25, 0.3) is 0 Å². The molecule has 25 heavy (non-hydrogen) atoms. The summed E-state index contributed by atoms with van der Waals surface area (Å²) in [6.07, 6.45) is 7.32. The quantitative estimate of drug-likeness (QED) is 0.732. The summed E-state index contributed by atoms with van der Waals surface area (Å²) in [6, 6.07) is 10.5. The molecule has 1 aromatic carbocycles. The maximum absolute atomic E-state index is 5.26. The van der Waals surface area contributed by atoms with E-state index in [1.54, 1.807) is 13.4 Å². The van der Waals surface area contributed by atoms with Crippen LogP contribution in [0.5, 0.6) is 5.75 Å². The normalized spacial score (nSPS) is 16.4. The third-order valence-electron chi connectivity index (χ3n) is 5.22. The van der Waals surface area contributed by atoms with Gasteiger partial charge in [0.05, 0.1) is 19.6 Å². The predicted octanol–water partition coefficient (Wildman–Crippen LogP) is 3.67. The van der Waals surface area contributed by atoms with E-state index in [0.29, 0.717) is 0 Å². The fraction of sp³-hybridized carbons (Fsp3) is 0.524. The zero-order valence-corrected chi connectivity index (χ0v) is 15.5. The van der Waals surface area contributed by atoms with Crippen LogP contribution in [0.15, 0.2) is 47.3 Å². The summed E-state index contributed by atoms with van der Waals surface area (Å²) < 4.78 is 10.5. The van der Waals surface area contributed by atoms with Crippen LogP contribution in [-0.4, -0.2) is 50.1 Å². The Hall–Kier alpha value is -1.78. The number of piperidine rings is 1. The van der Waals surface area contributed by atoms with Crippen molar-refractivity contribution < 1.29 is 9.15 Å². The lowest BCUT2D eigenvalue weighted by molar-refractivity contribution is 0.156. The van der Waals surface area contributed by atoms with Gasteiger partial charge in [0.15, 0.2) is 0 Å². The van der Waals surface area contributed by atoms with Crippen LogP contribution in [-0.2, 0) is 13.0 Å². The van der Waals surface area contributed by atoms with E-state index in [-0.39, 0.29) is 0 Å².